The number of carbonyl (C=O) groups is 2. The molecule has 5 nitrogen and oxygen atoms in total. The molecule has 0 amide bonds. The molecule has 0 heterocycles. The molecular formula is C45H70O5. The van der Waals surface area contributed by atoms with E-state index >= 15 is 0 Å². The van der Waals surface area contributed by atoms with Crippen LogP contribution in [0.15, 0.2) is 109 Å². The molecule has 0 fully saturated rings. The van der Waals surface area contributed by atoms with Crippen LogP contribution < -0.4 is 0 Å². The topological polar surface area (TPSA) is 72.8 Å². The normalized spacial score (nSPS) is 13.4. The average Bonchev–Trinajstić information content (AvgIpc) is 3.12. The number of unbranched alkanes of at least 4 members (excludes halogenated alkanes) is 7. The number of hydrogen-bond donors (Lipinski definition) is 1. The molecule has 0 saturated carbocycles. The molecule has 0 aromatic carbocycles. The van der Waals surface area contributed by atoms with Crippen molar-refractivity contribution in [2.24, 2.45) is 0 Å². The first-order valence-electron chi connectivity index (χ1n) is 19.4. The second-order valence-electron chi connectivity index (χ2n) is 12.3. The molecule has 0 spiro atoms. The van der Waals surface area contributed by atoms with Crippen LogP contribution in [0.5, 0.6) is 0 Å². The summed E-state index contributed by atoms with van der Waals surface area (Å²) in [5.41, 5.74) is 0. The highest BCUT2D eigenvalue weighted by Crippen LogP contribution is 2.06. The molecule has 50 heavy (non-hydrogen) atoms. The lowest BCUT2D eigenvalue weighted by atomic mass is 10.2. The van der Waals surface area contributed by atoms with Crippen LogP contribution in [0.2, 0.25) is 0 Å². The van der Waals surface area contributed by atoms with Crippen LogP contribution in [-0.2, 0) is 19.1 Å². The van der Waals surface area contributed by atoms with Gasteiger partial charge in [-0.1, -0.05) is 149 Å². The molecule has 280 valence electrons. The van der Waals surface area contributed by atoms with E-state index in [0.717, 1.165) is 51.4 Å². The van der Waals surface area contributed by atoms with Crippen LogP contribution in [0, 0.1) is 0 Å². The Morgan fingerprint density at radius 3 is 1.20 bits per heavy atom. The fourth-order valence-corrected chi connectivity index (χ4v) is 4.59. The van der Waals surface area contributed by atoms with Gasteiger partial charge in [-0.2, -0.15) is 0 Å². The number of ether oxygens (including phenoxy) is 2. The average molecular weight is 691 g/mol. The number of rotatable bonds is 33. The summed E-state index contributed by atoms with van der Waals surface area (Å²) < 4.78 is 10.5. The molecule has 0 bridgehead atoms. The lowest BCUT2D eigenvalue weighted by molar-refractivity contribution is -0.161. The second kappa shape index (κ2) is 40.0. The Balaban J connectivity index is 3.83. The molecular weight excluding hydrogens is 620 g/mol. The zero-order valence-electron chi connectivity index (χ0n) is 31.6. The fourth-order valence-electron chi connectivity index (χ4n) is 4.59. The second-order valence-corrected chi connectivity index (χ2v) is 12.3. The van der Waals surface area contributed by atoms with Crippen molar-refractivity contribution in [1.29, 1.82) is 0 Å². The summed E-state index contributed by atoms with van der Waals surface area (Å²) in [7, 11) is 0. The van der Waals surface area contributed by atoms with Gasteiger partial charge < -0.3 is 14.6 Å². The van der Waals surface area contributed by atoms with Crippen LogP contribution in [-0.4, -0.2) is 36.4 Å². The molecule has 0 aromatic heterocycles. The van der Waals surface area contributed by atoms with E-state index in [4.69, 9.17) is 9.47 Å². The van der Waals surface area contributed by atoms with Crippen molar-refractivity contribution in [3.63, 3.8) is 0 Å². The summed E-state index contributed by atoms with van der Waals surface area (Å²) in [6.45, 7) is 3.94. The van der Waals surface area contributed by atoms with Gasteiger partial charge in [-0.25, -0.2) is 0 Å². The molecule has 1 N–H and O–H groups in total. The molecule has 0 aliphatic heterocycles. The minimum Gasteiger partial charge on any atom is -0.462 e. The Morgan fingerprint density at radius 2 is 0.820 bits per heavy atom. The Morgan fingerprint density at radius 1 is 0.460 bits per heavy atom. The Hall–Kier alpha value is -3.44. The van der Waals surface area contributed by atoms with Crippen molar-refractivity contribution >= 4 is 11.9 Å². The number of carbonyl (C=O) groups excluding carboxylic acids is 2. The van der Waals surface area contributed by atoms with E-state index in [0.29, 0.717) is 12.8 Å². The number of allylic oxidation sites excluding steroid dienone is 18. The molecule has 0 aromatic rings. The monoisotopic (exact) mass is 691 g/mol. The molecule has 0 saturated heterocycles. The van der Waals surface area contributed by atoms with Gasteiger partial charge in [0.25, 0.3) is 0 Å². The van der Waals surface area contributed by atoms with Crippen molar-refractivity contribution in [2.45, 2.75) is 148 Å². The van der Waals surface area contributed by atoms with E-state index in [1.807, 2.05) is 12.2 Å². The van der Waals surface area contributed by atoms with E-state index in [1.165, 1.54) is 51.4 Å². The zero-order chi connectivity index (χ0) is 36.4. The van der Waals surface area contributed by atoms with Gasteiger partial charge in [-0.15, -0.1) is 0 Å². The van der Waals surface area contributed by atoms with Crippen LogP contribution in [0.4, 0.5) is 0 Å². The van der Waals surface area contributed by atoms with Gasteiger partial charge in [0.05, 0.1) is 6.61 Å². The SMILES string of the molecule is CCCCCC=CCC=CCC=CCC=CCC=CCCC(=O)OC[C@H](CO)OC(=O)CCCC=CCC=CCC=CCC=CCCCCC. The minimum atomic E-state index is -0.837. The first kappa shape index (κ1) is 46.6. The molecule has 0 unspecified atom stereocenters. The van der Waals surface area contributed by atoms with Gasteiger partial charge in [-0.3, -0.25) is 9.59 Å². The molecule has 0 aliphatic rings. The third-order valence-corrected chi connectivity index (χ3v) is 7.55. The predicted molar refractivity (Wildman–Crippen MR) is 214 cm³/mol. The minimum absolute atomic E-state index is 0.135. The lowest BCUT2D eigenvalue weighted by Gasteiger charge is -2.15. The molecule has 0 aliphatic carbocycles. The summed E-state index contributed by atoms with van der Waals surface area (Å²) in [4.78, 5) is 24.2. The summed E-state index contributed by atoms with van der Waals surface area (Å²) in [6.07, 6.45) is 57.3. The maximum absolute atomic E-state index is 12.1. The van der Waals surface area contributed by atoms with E-state index in [1.54, 1.807) is 0 Å². The van der Waals surface area contributed by atoms with Crippen molar-refractivity contribution in [2.75, 3.05) is 13.2 Å². The summed E-state index contributed by atoms with van der Waals surface area (Å²) >= 11 is 0. The third-order valence-electron chi connectivity index (χ3n) is 7.55. The Labute approximate surface area is 306 Å². The van der Waals surface area contributed by atoms with Crippen molar-refractivity contribution in [3.05, 3.63) is 109 Å². The Kier molecular flexibility index (Phi) is 37.2. The highest BCUT2D eigenvalue weighted by molar-refractivity contribution is 5.70. The highest BCUT2D eigenvalue weighted by Gasteiger charge is 2.15. The van der Waals surface area contributed by atoms with Crippen LogP contribution in [0.1, 0.15) is 142 Å². The van der Waals surface area contributed by atoms with Crippen molar-refractivity contribution in [1.82, 2.24) is 0 Å². The van der Waals surface area contributed by atoms with E-state index in [2.05, 4.69) is 111 Å². The largest absolute Gasteiger partial charge is 0.462 e. The van der Waals surface area contributed by atoms with Gasteiger partial charge in [-0.05, 0) is 89.9 Å². The third kappa shape index (κ3) is 37.4. The van der Waals surface area contributed by atoms with Crippen molar-refractivity contribution < 1.29 is 24.2 Å². The molecule has 1 atom stereocenters. The maximum atomic E-state index is 12.1. The summed E-state index contributed by atoms with van der Waals surface area (Å²) in [5, 5.41) is 9.53. The number of aliphatic hydroxyl groups excluding tert-OH is 1. The first-order valence-corrected chi connectivity index (χ1v) is 19.4. The standard InChI is InChI=1S/C45H70O5/c1-3-5-7-9-11-13-15-17-19-21-22-24-25-27-29-31-33-35-37-39-44(47)49-42-43(41-46)50-45(48)40-38-36-34-32-30-28-26-23-20-18-16-14-12-10-8-6-4-2/h11-14,17-20,22,24,26-29,32-35,43,46H,3-10,15-16,21,23,25,30-31,36-42H2,1-2H3/t43-/m0/s1. The number of esters is 2. The highest BCUT2D eigenvalue weighted by atomic mass is 16.6. The zero-order valence-corrected chi connectivity index (χ0v) is 31.6. The van der Waals surface area contributed by atoms with E-state index in [9.17, 15) is 14.7 Å². The number of hydrogen-bond acceptors (Lipinski definition) is 5. The van der Waals surface area contributed by atoms with Gasteiger partial charge in [0, 0.05) is 12.8 Å². The lowest BCUT2D eigenvalue weighted by Crippen LogP contribution is -2.28. The van der Waals surface area contributed by atoms with Gasteiger partial charge in [0.15, 0.2) is 6.10 Å². The van der Waals surface area contributed by atoms with Gasteiger partial charge >= 0.3 is 11.9 Å². The fraction of sp³-hybridized carbons (Fsp3) is 0.556. The molecule has 5 heteroatoms. The Bertz CT molecular complexity index is 1050. The van der Waals surface area contributed by atoms with Gasteiger partial charge in [0.1, 0.15) is 6.61 Å². The molecule has 0 radical (unpaired) electrons. The van der Waals surface area contributed by atoms with E-state index < -0.39 is 12.1 Å². The summed E-state index contributed by atoms with van der Waals surface area (Å²) in [5.74, 6) is -0.766. The summed E-state index contributed by atoms with van der Waals surface area (Å²) in [6, 6.07) is 0. The predicted octanol–water partition coefficient (Wildman–Crippen LogP) is 12.3. The number of aliphatic hydroxyl groups is 1. The maximum Gasteiger partial charge on any atom is 0.306 e. The van der Waals surface area contributed by atoms with Crippen molar-refractivity contribution in [3.8, 4) is 0 Å². The van der Waals surface area contributed by atoms with Crippen LogP contribution >= 0.6 is 0 Å². The van der Waals surface area contributed by atoms with E-state index in [-0.39, 0.29) is 32.0 Å². The smallest absolute Gasteiger partial charge is 0.306 e. The quantitative estimate of drug-likeness (QED) is 0.0421. The van der Waals surface area contributed by atoms with Crippen LogP contribution in [0.3, 0.4) is 0 Å². The first-order chi connectivity index (χ1) is 24.6. The molecule has 0 rings (SSSR count). The van der Waals surface area contributed by atoms with Crippen LogP contribution in [0.25, 0.3) is 0 Å². The van der Waals surface area contributed by atoms with Gasteiger partial charge in [0.2, 0.25) is 0 Å².